The number of carbonyl (C=O) groups excluding carboxylic acids is 1. The number of hydrazine groups is 1. The summed E-state index contributed by atoms with van der Waals surface area (Å²) >= 11 is 1.60. The average Bonchev–Trinajstić information content (AvgIpc) is 2.93. The van der Waals surface area contributed by atoms with Crippen molar-refractivity contribution < 1.29 is 4.79 Å². The van der Waals surface area contributed by atoms with Gasteiger partial charge in [0, 0.05) is 17.3 Å². The van der Waals surface area contributed by atoms with Gasteiger partial charge in [0.1, 0.15) is 10.7 Å². The minimum atomic E-state index is -0.245. The van der Waals surface area contributed by atoms with Crippen LogP contribution in [-0.4, -0.2) is 15.9 Å². The number of hydrogen-bond acceptors (Lipinski definition) is 6. The second kappa shape index (κ2) is 6.26. The van der Waals surface area contributed by atoms with E-state index in [1.165, 1.54) is 11.1 Å². The Balaban J connectivity index is 1.96. The van der Waals surface area contributed by atoms with Gasteiger partial charge < -0.3 is 10.7 Å². The molecule has 0 radical (unpaired) electrons. The molecule has 7 heteroatoms. The van der Waals surface area contributed by atoms with Gasteiger partial charge in [-0.05, 0) is 18.6 Å². The number of nitrogen functional groups attached to an aromatic ring is 1. The molecule has 0 aliphatic heterocycles. The molecule has 19 heavy (non-hydrogen) atoms. The summed E-state index contributed by atoms with van der Waals surface area (Å²) < 4.78 is 0. The number of nitrogens with two attached hydrogens (primary N) is 1. The smallest absolute Gasteiger partial charge is 0.270 e. The fraction of sp³-hybridized carbons (Fsp3) is 0.250. The molecule has 0 aliphatic carbocycles. The minimum Gasteiger partial charge on any atom is -0.344 e. The Labute approximate surface area is 115 Å². The standard InChI is InChI=1S/C12H15N5OS/c1-2-9-6-15-11(19-9)7-16-12(18)10-5-8(17-13)3-4-14-10/h3-6H,2,7,13H2,1H3,(H,14,17)(H,16,18). The van der Waals surface area contributed by atoms with Gasteiger partial charge in [0.05, 0.1) is 12.2 Å². The Kier molecular flexibility index (Phi) is 4.43. The summed E-state index contributed by atoms with van der Waals surface area (Å²) in [5, 5.41) is 3.67. The fourth-order valence-corrected chi connectivity index (χ4v) is 2.29. The number of anilines is 1. The van der Waals surface area contributed by atoms with Crippen LogP contribution in [0.4, 0.5) is 5.69 Å². The van der Waals surface area contributed by atoms with Gasteiger partial charge in [-0.25, -0.2) is 4.98 Å². The maximum atomic E-state index is 11.9. The molecular formula is C12H15N5OS. The summed E-state index contributed by atoms with van der Waals surface area (Å²) in [4.78, 5) is 21.3. The first kappa shape index (κ1) is 13.4. The number of thiazole rings is 1. The lowest BCUT2D eigenvalue weighted by atomic mass is 10.3. The van der Waals surface area contributed by atoms with Crippen LogP contribution in [0.5, 0.6) is 0 Å². The molecule has 0 atom stereocenters. The minimum absolute atomic E-state index is 0.245. The Morgan fingerprint density at radius 3 is 3.00 bits per heavy atom. The van der Waals surface area contributed by atoms with Crippen molar-refractivity contribution in [2.45, 2.75) is 19.9 Å². The number of amides is 1. The zero-order valence-corrected chi connectivity index (χ0v) is 11.3. The van der Waals surface area contributed by atoms with Crippen LogP contribution in [0, 0.1) is 0 Å². The largest absolute Gasteiger partial charge is 0.344 e. The average molecular weight is 277 g/mol. The van der Waals surface area contributed by atoms with Crippen LogP contribution in [-0.2, 0) is 13.0 Å². The summed E-state index contributed by atoms with van der Waals surface area (Å²) in [6.45, 7) is 2.48. The molecule has 0 unspecified atom stereocenters. The zero-order chi connectivity index (χ0) is 13.7. The maximum Gasteiger partial charge on any atom is 0.270 e. The summed E-state index contributed by atoms with van der Waals surface area (Å²) in [5.74, 6) is 5.04. The van der Waals surface area contributed by atoms with Crippen LogP contribution < -0.4 is 16.6 Å². The van der Waals surface area contributed by atoms with E-state index >= 15 is 0 Å². The van der Waals surface area contributed by atoms with Crippen LogP contribution >= 0.6 is 11.3 Å². The van der Waals surface area contributed by atoms with Crippen molar-refractivity contribution in [3.8, 4) is 0 Å². The topological polar surface area (TPSA) is 92.9 Å². The van der Waals surface area contributed by atoms with E-state index in [9.17, 15) is 4.79 Å². The van der Waals surface area contributed by atoms with E-state index < -0.39 is 0 Å². The highest BCUT2D eigenvalue weighted by atomic mass is 32.1. The number of nitrogens with one attached hydrogen (secondary N) is 2. The first-order valence-corrected chi connectivity index (χ1v) is 6.69. The summed E-state index contributed by atoms with van der Waals surface area (Å²) in [7, 11) is 0. The molecule has 4 N–H and O–H groups in total. The summed E-state index contributed by atoms with van der Waals surface area (Å²) in [6, 6.07) is 3.28. The molecule has 0 aromatic carbocycles. The summed E-state index contributed by atoms with van der Waals surface area (Å²) in [5.41, 5.74) is 3.44. The molecular weight excluding hydrogens is 262 g/mol. The highest BCUT2D eigenvalue weighted by Crippen LogP contribution is 2.13. The molecule has 0 fully saturated rings. The monoisotopic (exact) mass is 277 g/mol. The third-order valence-corrected chi connectivity index (χ3v) is 3.65. The number of aryl methyl sites for hydroxylation is 1. The lowest BCUT2D eigenvalue weighted by Gasteiger charge is -2.04. The van der Waals surface area contributed by atoms with Crippen LogP contribution in [0.15, 0.2) is 24.5 Å². The Hall–Kier alpha value is -1.99. The first-order chi connectivity index (χ1) is 9.22. The molecule has 0 aliphatic rings. The van der Waals surface area contributed by atoms with Gasteiger partial charge in [-0.3, -0.25) is 15.6 Å². The predicted octanol–water partition coefficient (Wildman–Crippen LogP) is 1.32. The molecule has 2 aromatic heterocycles. The SMILES string of the molecule is CCc1cnc(CNC(=O)c2cc(NN)ccn2)s1. The van der Waals surface area contributed by atoms with Gasteiger partial charge in [0.25, 0.3) is 5.91 Å². The second-order valence-corrected chi connectivity index (χ2v) is 5.03. The lowest BCUT2D eigenvalue weighted by Crippen LogP contribution is -2.24. The Morgan fingerprint density at radius 1 is 1.47 bits per heavy atom. The van der Waals surface area contributed by atoms with Crippen LogP contribution in [0.2, 0.25) is 0 Å². The second-order valence-electron chi connectivity index (χ2n) is 3.83. The molecule has 0 bridgehead atoms. The number of rotatable bonds is 5. The number of nitrogens with zero attached hydrogens (tertiary/aromatic N) is 2. The van der Waals surface area contributed by atoms with Crippen LogP contribution in [0.1, 0.15) is 27.3 Å². The zero-order valence-electron chi connectivity index (χ0n) is 10.5. The van der Waals surface area contributed by atoms with Gasteiger partial charge in [-0.1, -0.05) is 6.92 Å². The maximum absolute atomic E-state index is 11.9. The molecule has 1 amide bonds. The molecule has 0 saturated carbocycles. The molecule has 2 rings (SSSR count). The fourth-order valence-electron chi connectivity index (χ4n) is 1.48. The van der Waals surface area contributed by atoms with Gasteiger partial charge in [0.2, 0.25) is 0 Å². The van der Waals surface area contributed by atoms with Gasteiger partial charge in [-0.15, -0.1) is 11.3 Å². The van der Waals surface area contributed by atoms with E-state index in [1.54, 1.807) is 23.5 Å². The van der Waals surface area contributed by atoms with Crippen molar-refractivity contribution in [1.82, 2.24) is 15.3 Å². The molecule has 2 aromatic rings. The number of pyridine rings is 1. The number of hydrogen-bond donors (Lipinski definition) is 3. The molecule has 6 nitrogen and oxygen atoms in total. The van der Waals surface area contributed by atoms with E-state index in [4.69, 9.17) is 5.84 Å². The van der Waals surface area contributed by atoms with E-state index in [0.717, 1.165) is 11.4 Å². The lowest BCUT2D eigenvalue weighted by molar-refractivity contribution is 0.0946. The van der Waals surface area contributed by atoms with E-state index in [-0.39, 0.29) is 5.91 Å². The van der Waals surface area contributed by atoms with E-state index in [2.05, 4.69) is 27.6 Å². The van der Waals surface area contributed by atoms with E-state index in [0.29, 0.717) is 17.9 Å². The molecule has 0 saturated heterocycles. The van der Waals surface area contributed by atoms with Crippen molar-refractivity contribution in [3.05, 3.63) is 40.1 Å². The van der Waals surface area contributed by atoms with Gasteiger partial charge >= 0.3 is 0 Å². The third-order valence-electron chi connectivity index (χ3n) is 2.51. The Morgan fingerprint density at radius 2 is 2.32 bits per heavy atom. The van der Waals surface area contributed by atoms with Crippen molar-refractivity contribution in [3.63, 3.8) is 0 Å². The highest BCUT2D eigenvalue weighted by Gasteiger charge is 2.08. The number of carbonyl (C=O) groups is 1. The van der Waals surface area contributed by atoms with Crippen molar-refractivity contribution in [2.24, 2.45) is 5.84 Å². The third kappa shape index (κ3) is 3.49. The van der Waals surface area contributed by atoms with Crippen LogP contribution in [0.3, 0.4) is 0 Å². The van der Waals surface area contributed by atoms with E-state index in [1.807, 2.05) is 6.20 Å². The molecule has 2 heterocycles. The molecule has 0 spiro atoms. The highest BCUT2D eigenvalue weighted by molar-refractivity contribution is 7.11. The van der Waals surface area contributed by atoms with Gasteiger partial charge in [-0.2, -0.15) is 0 Å². The normalized spacial score (nSPS) is 10.2. The van der Waals surface area contributed by atoms with Crippen molar-refractivity contribution in [1.29, 1.82) is 0 Å². The Bertz CT molecular complexity index is 569. The summed E-state index contributed by atoms with van der Waals surface area (Å²) in [6.07, 6.45) is 4.32. The molecule has 100 valence electrons. The van der Waals surface area contributed by atoms with Crippen molar-refractivity contribution in [2.75, 3.05) is 5.43 Å². The predicted molar refractivity (Wildman–Crippen MR) is 74.7 cm³/mol. The first-order valence-electron chi connectivity index (χ1n) is 5.87. The number of aromatic nitrogens is 2. The quantitative estimate of drug-likeness (QED) is 0.566. The van der Waals surface area contributed by atoms with Crippen molar-refractivity contribution >= 4 is 22.9 Å². The van der Waals surface area contributed by atoms with Gasteiger partial charge in [0.15, 0.2) is 0 Å². The van der Waals surface area contributed by atoms with Crippen LogP contribution in [0.25, 0.3) is 0 Å².